The standard InChI is InChI=1S/C16H23BrN4/c1-3-20-9-6-7-13(20)12-19(2)16-14(11-17)21-10-5-4-8-15(21)18-16/h4-5,8,10,13H,3,6-7,9,11-12H2,1-2H3. The number of likely N-dealkylation sites (N-methyl/N-ethyl adjacent to an activating group) is 2. The van der Waals surface area contributed by atoms with Crippen LogP contribution in [0.2, 0.25) is 0 Å². The molecule has 114 valence electrons. The maximum atomic E-state index is 4.82. The van der Waals surface area contributed by atoms with E-state index in [9.17, 15) is 0 Å². The van der Waals surface area contributed by atoms with Crippen LogP contribution >= 0.6 is 15.9 Å². The van der Waals surface area contributed by atoms with E-state index in [1.54, 1.807) is 0 Å². The Morgan fingerprint density at radius 2 is 2.29 bits per heavy atom. The molecule has 3 heterocycles. The van der Waals surface area contributed by atoms with Gasteiger partial charge in [-0.3, -0.25) is 4.90 Å². The van der Waals surface area contributed by atoms with Gasteiger partial charge in [-0.05, 0) is 38.1 Å². The number of halogens is 1. The minimum atomic E-state index is 0.660. The van der Waals surface area contributed by atoms with E-state index in [1.807, 2.05) is 6.07 Å². The molecular weight excluding hydrogens is 328 g/mol. The molecule has 21 heavy (non-hydrogen) atoms. The third kappa shape index (κ3) is 2.81. The molecule has 1 aliphatic rings. The van der Waals surface area contributed by atoms with E-state index < -0.39 is 0 Å². The summed E-state index contributed by atoms with van der Waals surface area (Å²) in [5.41, 5.74) is 2.25. The van der Waals surface area contributed by atoms with Crippen molar-refractivity contribution in [2.24, 2.45) is 0 Å². The number of hydrogen-bond acceptors (Lipinski definition) is 3. The normalized spacial score (nSPS) is 19.5. The molecule has 0 aromatic carbocycles. The molecule has 1 fully saturated rings. The van der Waals surface area contributed by atoms with Crippen LogP contribution in [-0.2, 0) is 5.33 Å². The van der Waals surface area contributed by atoms with Crippen molar-refractivity contribution in [2.45, 2.75) is 31.1 Å². The van der Waals surface area contributed by atoms with Crippen molar-refractivity contribution < 1.29 is 0 Å². The van der Waals surface area contributed by atoms with E-state index in [4.69, 9.17) is 4.98 Å². The lowest BCUT2D eigenvalue weighted by atomic mass is 10.2. The molecule has 4 nitrogen and oxygen atoms in total. The van der Waals surface area contributed by atoms with Crippen LogP contribution in [0.15, 0.2) is 24.4 Å². The number of fused-ring (bicyclic) bond motifs is 1. The summed E-state index contributed by atoms with van der Waals surface area (Å²) in [5, 5.41) is 0.819. The molecule has 0 radical (unpaired) electrons. The van der Waals surface area contributed by atoms with Gasteiger partial charge in [0.25, 0.3) is 0 Å². The van der Waals surface area contributed by atoms with Crippen LogP contribution in [0, 0.1) is 0 Å². The van der Waals surface area contributed by atoms with Gasteiger partial charge in [0.05, 0.1) is 5.69 Å². The Morgan fingerprint density at radius 1 is 1.43 bits per heavy atom. The summed E-state index contributed by atoms with van der Waals surface area (Å²) >= 11 is 3.62. The maximum absolute atomic E-state index is 4.82. The molecule has 1 atom stereocenters. The first-order valence-corrected chi connectivity index (χ1v) is 8.83. The topological polar surface area (TPSA) is 23.8 Å². The Kier molecular flexibility index (Phi) is 4.50. The molecule has 0 bridgehead atoms. The number of nitrogens with zero attached hydrogens (tertiary/aromatic N) is 4. The SMILES string of the molecule is CCN1CCCC1CN(C)c1nc2ccccn2c1CBr. The van der Waals surface area contributed by atoms with Crippen LogP contribution in [0.5, 0.6) is 0 Å². The maximum Gasteiger partial charge on any atom is 0.151 e. The molecule has 5 heteroatoms. The summed E-state index contributed by atoms with van der Waals surface area (Å²) < 4.78 is 2.17. The van der Waals surface area contributed by atoms with Gasteiger partial charge in [0.15, 0.2) is 5.82 Å². The van der Waals surface area contributed by atoms with Crippen molar-refractivity contribution >= 4 is 27.4 Å². The van der Waals surface area contributed by atoms with Crippen LogP contribution in [0.25, 0.3) is 5.65 Å². The van der Waals surface area contributed by atoms with E-state index in [0.717, 1.165) is 29.9 Å². The minimum Gasteiger partial charge on any atom is -0.357 e. The fraction of sp³-hybridized carbons (Fsp3) is 0.562. The van der Waals surface area contributed by atoms with Gasteiger partial charge < -0.3 is 9.30 Å². The molecular formula is C16H23BrN4. The zero-order chi connectivity index (χ0) is 14.8. The Hall–Kier alpha value is -1.07. The molecule has 0 amide bonds. The number of rotatable bonds is 5. The zero-order valence-electron chi connectivity index (χ0n) is 12.8. The lowest BCUT2D eigenvalue weighted by molar-refractivity contribution is 0.270. The Labute approximate surface area is 134 Å². The predicted molar refractivity (Wildman–Crippen MR) is 91.4 cm³/mol. The van der Waals surface area contributed by atoms with E-state index in [1.165, 1.54) is 25.1 Å². The predicted octanol–water partition coefficient (Wildman–Crippen LogP) is 3.15. The largest absolute Gasteiger partial charge is 0.357 e. The Bertz CT molecular complexity index is 609. The monoisotopic (exact) mass is 350 g/mol. The van der Waals surface area contributed by atoms with Crippen molar-refractivity contribution in [3.63, 3.8) is 0 Å². The van der Waals surface area contributed by atoms with E-state index >= 15 is 0 Å². The lowest BCUT2D eigenvalue weighted by Crippen LogP contribution is -2.39. The summed E-state index contributed by atoms with van der Waals surface area (Å²) in [4.78, 5) is 9.72. The second-order valence-electron chi connectivity index (χ2n) is 5.75. The molecule has 1 unspecified atom stereocenters. The summed E-state index contributed by atoms with van der Waals surface area (Å²) in [6.45, 7) is 5.70. The molecule has 0 spiro atoms. The van der Waals surface area contributed by atoms with Crippen LogP contribution in [0.4, 0.5) is 5.82 Å². The van der Waals surface area contributed by atoms with Gasteiger partial charge in [0.1, 0.15) is 5.65 Å². The summed E-state index contributed by atoms with van der Waals surface area (Å²) in [6, 6.07) is 6.82. The molecule has 1 aliphatic heterocycles. The van der Waals surface area contributed by atoms with Gasteiger partial charge in [-0.25, -0.2) is 4.98 Å². The van der Waals surface area contributed by atoms with Crippen LogP contribution in [-0.4, -0.2) is 47.0 Å². The molecule has 1 saturated heterocycles. The van der Waals surface area contributed by atoms with E-state index in [0.29, 0.717) is 6.04 Å². The van der Waals surface area contributed by atoms with Crippen molar-refractivity contribution in [1.82, 2.24) is 14.3 Å². The van der Waals surface area contributed by atoms with Crippen molar-refractivity contribution in [3.05, 3.63) is 30.1 Å². The van der Waals surface area contributed by atoms with Crippen molar-refractivity contribution in [1.29, 1.82) is 0 Å². The molecule has 0 N–H and O–H groups in total. The van der Waals surface area contributed by atoms with Gasteiger partial charge in [-0.15, -0.1) is 0 Å². The number of hydrogen-bond donors (Lipinski definition) is 0. The average molecular weight is 351 g/mol. The first-order chi connectivity index (χ1) is 10.2. The Morgan fingerprint density at radius 3 is 3.05 bits per heavy atom. The fourth-order valence-electron chi connectivity index (χ4n) is 3.38. The zero-order valence-corrected chi connectivity index (χ0v) is 14.4. The van der Waals surface area contributed by atoms with Crippen LogP contribution in [0.1, 0.15) is 25.5 Å². The second kappa shape index (κ2) is 6.36. The van der Waals surface area contributed by atoms with Gasteiger partial charge in [-0.2, -0.15) is 0 Å². The molecule has 0 saturated carbocycles. The highest BCUT2D eigenvalue weighted by atomic mass is 79.9. The molecule has 3 rings (SSSR count). The summed E-state index contributed by atoms with van der Waals surface area (Å²) in [7, 11) is 2.17. The number of pyridine rings is 1. The highest BCUT2D eigenvalue weighted by molar-refractivity contribution is 9.08. The summed E-state index contributed by atoms with van der Waals surface area (Å²) in [5.74, 6) is 1.10. The molecule has 2 aromatic rings. The highest BCUT2D eigenvalue weighted by Crippen LogP contribution is 2.25. The first kappa shape index (κ1) is 14.9. The Balaban J connectivity index is 1.85. The smallest absolute Gasteiger partial charge is 0.151 e. The third-order valence-corrected chi connectivity index (χ3v) is 5.02. The van der Waals surface area contributed by atoms with E-state index in [2.05, 4.69) is 62.4 Å². The van der Waals surface area contributed by atoms with Gasteiger partial charge in [-0.1, -0.05) is 28.9 Å². The van der Waals surface area contributed by atoms with E-state index in [-0.39, 0.29) is 0 Å². The second-order valence-corrected chi connectivity index (χ2v) is 6.31. The highest BCUT2D eigenvalue weighted by Gasteiger charge is 2.25. The van der Waals surface area contributed by atoms with Crippen LogP contribution < -0.4 is 4.90 Å². The first-order valence-electron chi connectivity index (χ1n) is 7.71. The number of alkyl halides is 1. The quantitative estimate of drug-likeness (QED) is 0.774. The average Bonchev–Trinajstić information content (AvgIpc) is 3.10. The fourth-order valence-corrected chi connectivity index (χ4v) is 3.91. The van der Waals surface area contributed by atoms with Gasteiger partial charge in [0.2, 0.25) is 0 Å². The minimum absolute atomic E-state index is 0.660. The molecule has 2 aromatic heterocycles. The number of aromatic nitrogens is 2. The van der Waals surface area contributed by atoms with Gasteiger partial charge in [0, 0.05) is 31.2 Å². The third-order valence-electron chi connectivity index (χ3n) is 4.49. The molecule has 0 aliphatic carbocycles. The lowest BCUT2D eigenvalue weighted by Gasteiger charge is -2.28. The number of anilines is 1. The van der Waals surface area contributed by atoms with Crippen molar-refractivity contribution in [3.8, 4) is 0 Å². The number of likely N-dealkylation sites (tertiary alicyclic amines) is 1. The van der Waals surface area contributed by atoms with Crippen LogP contribution in [0.3, 0.4) is 0 Å². The van der Waals surface area contributed by atoms with Crippen molar-refractivity contribution in [2.75, 3.05) is 31.6 Å². The van der Waals surface area contributed by atoms with Gasteiger partial charge >= 0.3 is 0 Å². The summed E-state index contributed by atoms with van der Waals surface area (Å²) in [6.07, 6.45) is 4.71. The number of imidazole rings is 1.